The lowest BCUT2D eigenvalue weighted by Gasteiger charge is -2.10. The van der Waals surface area contributed by atoms with E-state index in [2.05, 4.69) is 5.32 Å². The van der Waals surface area contributed by atoms with Gasteiger partial charge in [0.05, 0.1) is 21.1 Å². The van der Waals surface area contributed by atoms with Crippen molar-refractivity contribution in [2.24, 2.45) is 0 Å². The van der Waals surface area contributed by atoms with Gasteiger partial charge < -0.3 is 5.32 Å². The monoisotopic (exact) mass is 399 g/mol. The van der Waals surface area contributed by atoms with Gasteiger partial charge in [-0.15, -0.1) is 0 Å². The van der Waals surface area contributed by atoms with E-state index in [0.29, 0.717) is 9.93 Å². The highest BCUT2D eigenvalue weighted by molar-refractivity contribution is 8.08. The van der Waals surface area contributed by atoms with Crippen molar-refractivity contribution in [3.05, 3.63) is 92.9 Å². The predicted octanol–water partition coefficient (Wildman–Crippen LogP) is 5.60. The standard InChI is InChI=1S/C22H16F3NOS/c1-26-21-19(15-6-4-7-16(11-15)22(23,24)25)20(27)18(28-21)12-14-10-9-13-5-2-3-8-17(13)14/h2-12,14,26H,1H3/b18-12-. The zero-order valence-corrected chi connectivity index (χ0v) is 15.7. The molecule has 2 nitrogen and oxygen atoms in total. The van der Waals surface area contributed by atoms with E-state index in [1.165, 1.54) is 23.9 Å². The number of allylic oxidation sites excluding steroid dienone is 4. The summed E-state index contributed by atoms with van der Waals surface area (Å²) in [5.41, 5.74) is 2.00. The van der Waals surface area contributed by atoms with Crippen LogP contribution in [0.25, 0.3) is 11.6 Å². The van der Waals surface area contributed by atoms with Crippen LogP contribution in [0.3, 0.4) is 0 Å². The molecule has 6 heteroatoms. The molecule has 1 aliphatic carbocycles. The van der Waals surface area contributed by atoms with Gasteiger partial charge in [-0.3, -0.25) is 4.79 Å². The molecule has 1 heterocycles. The van der Waals surface area contributed by atoms with Gasteiger partial charge in [-0.2, -0.15) is 13.2 Å². The minimum Gasteiger partial charge on any atom is -0.382 e. The summed E-state index contributed by atoms with van der Waals surface area (Å²) in [5.74, 6) is -0.284. The molecule has 1 atom stereocenters. The van der Waals surface area contributed by atoms with E-state index in [4.69, 9.17) is 0 Å². The van der Waals surface area contributed by atoms with Crippen LogP contribution < -0.4 is 5.32 Å². The molecular weight excluding hydrogens is 383 g/mol. The molecule has 4 rings (SSSR count). The number of fused-ring (bicyclic) bond motifs is 1. The third-order valence-corrected chi connectivity index (χ3v) is 5.92. The summed E-state index contributed by atoms with van der Waals surface area (Å²) >= 11 is 1.26. The second-order valence-electron chi connectivity index (χ2n) is 6.51. The second kappa shape index (κ2) is 7.02. The van der Waals surface area contributed by atoms with Crippen molar-refractivity contribution in [1.82, 2.24) is 5.32 Å². The maximum Gasteiger partial charge on any atom is 0.416 e. The van der Waals surface area contributed by atoms with Crippen LogP contribution in [-0.2, 0) is 11.0 Å². The minimum atomic E-state index is -4.46. The number of halogens is 3. The highest BCUT2D eigenvalue weighted by atomic mass is 32.2. The van der Waals surface area contributed by atoms with Crippen LogP contribution >= 0.6 is 11.8 Å². The van der Waals surface area contributed by atoms with E-state index in [9.17, 15) is 18.0 Å². The molecule has 142 valence electrons. The molecule has 0 saturated carbocycles. The molecule has 0 spiro atoms. The number of carbonyl (C=O) groups is 1. The maximum absolute atomic E-state index is 13.1. The van der Waals surface area contributed by atoms with E-state index >= 15 is 0 Å². The Hall–Kier alpha value is -2.73. The summed E-state index contributed by atoms with van der Waals surface area (Å²) in [6.07, 6.45) is 1.46. The summed E-state index contributed by atoms with van der Waals surface area (Å²) in [4.78, 5) is 13.6. The molecule has 2 aromatic rings. The third kappa shape index (κ3) is 3.29. The van der Waals surface area contributed by atoms with Crippen molar-refractivity contribution < 1.29 is 18.0 Å². The molecule has 0 bridgehead atoms. The fourth-order valence-electron chi connectivity index (χ4n) is 3.42. The van der Waals surface area contributed by atoms with Crippen molar-refractivity contribution in [3.8, 4) is 0 Å². The lowest BCUT2D eigenvalue weighted by Crippen LogP contribution is -2.08. The Bertz CT molecular complexity index is 1050. The zero-order chi connectivity index (χ0) is 19.9. The third-order valence-electron chi connectivity index (χ3n) is 4.76. The molecule has 1 N–H and O–H groups in total. The molecule has 1 unspecified atom stereocenters. The molecule has 0 radical (unpaired) electrons. The SMILES string of the molecule is CNC1=C(c2cccc(C(F)(F)F)c2)C(=O)/C(=C/C2C=Cc3ccccc32)S1. The molecular formula is C22H16F3NOS. The van der Waals surface area contributed by atoms with Crippen molar-refractivity contribution in [1.29, 1.82) is 0 Å². The van der Waals surface area contributed by atoms with E-state index in [-0.39, 0.29) is 22.8 Å². The Balaban J connectivity index is 1.69. The van der Waals surface area contributed by atoms with Crippen LogP contribution in [0, 0.1) is 0 Å². The smallest absolute Gasteiger partial charge is 0.382 e. The highest BCUT2D eigenvalue weighted by Crippen LogP contribution is 2.44. The van der Waals surface area contributed by atoms with Gasteiger partial charge in [0.15, 0.2) is 0 Å². The first-order valence-electron chi connectivity index (χ1n) is 8.69. The van der Waals surface area contributed by atoms with Gasteiger partial charge >= 0.3 is 6.18 Å². The lowest BCUT2D eigenvalue weighted by atomic mass is 9.97. The fourth-order valence-corrected chi connectivity index (χ4v) is 4.46. The van der Waals surface area contributed by atoms with E-state index in [1.807, 2.05) is 42.5 Å². The molecule has 1 aliphatic heterocycles. The van der Waals surface area contributed by atoms with Crippen LogP contribution in [0.1, 0.15) is 28.2 Å². The first kappa shape index (κ1) is 18.6. The van der Waals surface area contributed by atoms with Crippen LogP contribution in [0.2, 0.25) is 0 Å². The lowest BCUT2D eigenvalue weighted by molar-refractivity contribution is -0.137. The zero-order valence-electron chi connectivity index (χ0n) is 14.9. The van der Waals surface area contributed by atoms with Gasteiger partial charge in [-0.25, -0.2) is 0 Å². The summed E-state index contributed by atoms with van der Waals surface area (Å²) in [5, 5.41) is 3.52. The average molecular weight is 399 g/mol. The average Bonchev–Trinajstić information content (AvgIpc) is 3.23. The number of nitrogens with one attached hydrogen (secondary N) is 1. The normalized spacial score (nSPS) is 20.2. The molecule has 0 aromatic heterocycles. The van der Waals surface area contributed by atoms with Crippen LogP contribution in [-0.4, -0.2) is 12.8 Å². The number of carbonyl (C=O) groups excluding carboxylic acids is 1. The Labute approximate surface area is 164 Å². The molecule has 2 aliphatic rings. The number of hydrogen-bond acceptors (Lipinski definition) is 3. The topological polar surface area (TPSA) is 29.1 Å². The quantitative estimate of drug-likeness (QED) is 0.681. The molecule has 2 aromatic carbocycles. The largest absolute Gasteiger partial charge is 0.416 e. The number of Topliss-reactive ketones (excluding diaryl/α,β-unsaturated/α-hetero) is 1. The van der Waals surface area contributed by atoms with Gasteiger partial charge in [0.25, 0.3) is 0 Å². The van der Waals surface area contributed by atoms with E-state index < -0.39 is 11.7 Å². The summed E-state index contributed by atoms with van der Waals surface area (Å²) in [6, 6.07) is 12.8. The number of alkyl halides is 3. The van der Waals surface area contributed by atoms with Crippen molar-refractivity contribution in [3.63, 3.8) is 0 Å². The van der Waals surface area contributed by atoms with Crippen LogP contribution in [0.4, 0.5) is 13.2 Å². The van der Waals surface area contributed by atoms with Gasteiger partial charge in [-0.05, 0) is 28.8 Å². The van der Waals surface area contributed by atoms with Crippen molar-refractivity contribution in [2.45, 2.75) is 12.1 Å². The van der Waals surface area contributed by atoms with Gasteiger partial charge in [-0.1, -0.05) is 66.4 Å². The summed E-state index contributed by atoms with van der Waals surface area (Å²) in [7, 11) is 1.66. The van der Waals surface area contributed by atoms with Gasteiger partial charge in [0.2, 0.25) is 5.78 Å². The van der Waals surface area contributed by atoms with Crippen LogP contribution in [0.5, 0.6) is 0 Å². The Morgan fingerprint density at radius 1 is 1.11 bits per heavy atom. The minimum absolute atomic E-state index is 0.0263. The second-order valence-corrected chi connectivity index (χ2v) is 7.56. The van der Waals surface area contributed by atoms with E-state index in [0.717, 1.165) is 23.3 Å². The van der Waals surface area contributed by atoms with Gasteiger partial charge in [0, 0.05) is 13.0 Å². The predicted molar refractivity (Wildman–Crippen MR) is 106 cm³/mol. The summed E-state index contributed by atoms with van der Waals surface area (Å²) in [6.45, 7) is 0. The molecule has 0 saturated heterocycles. The van der Waals surface area contributed by atoms with E-state index in [1.54, 1.807) is 7.05 Å². The number of benzene rings is 2. The maximum atomic E-state index is 13.1. The Morgan fingerprint density at radius 2 is 1.89 bits per heavy atom. The number of hydrogen-bond donors (Lipinski definition) is 1. The summed E-state index contributed by atoms with van der Waals surface area (Å²) < 4.78 is 39.2. The molecule has 0 fully saturated rings. The number of rotatable bonds is 3. The number of ketones is 1. The molecule has 28 heavy (non-hydrogen) atoms. The van der Waals surface area contributed by atoms with Crippen molar-refractivity contribution in [2.75, 3.05) is 7.05 Å². The highest BCUT2D eigenvalue weighted by Gasteiger charge is 2.34. The van der Waals surface area contributed by atoms with Crippen LogP contribution in [0.15, 0.2) is 70.6 Å². The van der Waals surface area contributed by atoms with Crippen molar-refractivity contribution >= 4 is 29.2 Å². The van der Waals surface area contributed by atoms with Gasteiger partial charge in [0.1, 0.15) is 0 Å². The first-order chi connectivity index (χ1) is 13.4. The molecule has 0 amide bonds. The fraction of sp³-hybridized carbons (Fsp3) is 0.136. The Morgan fingerprint density at radius 3 is 2.64 bits per heavy atom. The Kier molecular flexibility index (Phi) is 4.67. The number of thioether (sulfide) groups is 1. The first-order valence-corrected chi connectivity index (χ1v) is 9.51.